The van der Waals surface area contributed by atoms with Gasteiger partial charge in [-0.3, -0.25) is 4.79 Å². The molecule has 0 spiro atoms. The van der Waals surface area contributed by atoms with Crippen LogP contribution in [0.3, 0.4) is 0 Å². The van der Waals surface area contributed by atoms with E-state index in [1.807, 2.05) is 12.1 Å². The minimum atomic E-state index is -0.760. The molecule has 2 N–H and O–H groups in total. The number of carboxylic acids is 1. The van der Waals surface area contributed by atoms with Gasteiger partial charge in [0.15, 0.2) is 0 Å². The van der Waals surface area contributed by atoms with E-state index in [-0.39, 0.29) is 6.42 Å². The molecule has 0 aliphatic heterocycles. The molecule has 0 aliphatic rings. The molecule has 0 amide bonds. The van der Waals surface area contributed by atoms with Gasteiger partial charge in [-0.05, 0) is 25.5 Å². The summed E-state index contributed by atoms with van der Waals surface area (Å²) in [5, 5.41) is 12.2. The summed E-state index contributed by atoms with van der Waals surface area (Å²) in [5.74, 6) is -0.760. The fourth-order valence-electron chi connectivity index (χ4n) is 1.84. The molecule has 102 valence electrons. The summed E-state index contributed by atoms with van der Waals surface area (Å²) in [7, 11) is 0. The highest BCUT2D eigenvalue weighted by Gasteiger charge is 2.06. The van der Waals surface area contributed by atoms with E-state index in [1.165, 1.54) is 30.6 Å². The van der Waals surface area contributed by atoms with Gasteiger partial charge in [0, 0.05) is 22.3 Å². The first-order chi connectivity index (χ1) is 8.61. The van der Waals surface area contributed by atoms with Gasteiger partial charge in [0.2, 0.25) is 0 Å². The van der Waals surface area contributed by atoms with Crippen LogP contribution < -0.4 is 5.32 Å². The number of hydrogen-bond acceptors (Lipinski definition) is 3. The predicted molar refractivity (Wildman–Crippen MR) is 76.1 cm³/mol. The number of unbranched alkanes of at least 4 members (excludes halogenated alkanes) is 2. The molecular formula is C14H23NO2S. The Hall–Kier alpha value is -0.870. The molecule has 1 atom stereocenters. The van der Waals surface area contributed by atoms with Gasteiger partial charge in [-0.1, -0.05) is 26.2 Å². The van der Waals surface area contributed by atoms with Gasteiger partial charge >= 0.3 is 5.97 Å². The average Bonchev–Trinajstić information content (AvgIpc) is 2.73. The lowest BCUT2D eigenvalue weighted by Gasteiger charge is -2.12. The summed E-state index contributed by atoms with van der Waals surface area (Å²) < 4.78 is 0. The van der Waals surface area contributed by atoms with E-state index in [0.717, 1.165) is 11.4 Å². The lowest BCUT2D eigenvalue weighted by molar-refractivity contribution is -0.136. The Morgan fingerprint density at radius 2 is 2.11 bits per heavy atom. The topological polar surface area (TPSA) is 49.3 Å². The van der Waals surface area contributed by atoms with Crippen LogP contribution in [0.1, 0.15) is 49.3 Å². The van der Waals surface area contributed by atoms with Crippen molar-refractivity contribution in [2.45, 2.75) is 58.5 Å². The van der Waals surface area contributed by atoms with Crippen molar-refractivity contribution in [2.24, 2.45) is 0 Å². The van der Waals surface area contributed by atoms with Crippen LogP contribution in [-0.2, 0) is 17.8 Å². The zero-order valence-electron chi connectivity index (χ0n) is 11.2. The third-order valence-electron chi connectivity index (χ3n) is 2.91. The minimum Gasteiger partial charge on any atom is -0.481 e. The van der Waals surface area contributed by atoms with Crippen LogP contribution in [0.5, 0.6) is 0 Å². The molecule has 1 aromatic heterocycles. The van der Waals surface area contributed by atoms with Gasteiger partial charge in [-0.25, -0.2) is 0 Å². The van der Waals surface area contributed by atoms with Gasteiger partial charge in [0.05, 0.1) is 6.42 Å². The second kappa shape index (κ2) is 8.27. The van der Waals surface area contributed by atoms with Gasteiger partial charge in [0.1, 0.15) is 0 Å². The molecular weight excluding hydrogens is 246 g/mol. The normalized spacial score (nSPS) is 12.6. The quantitative estimate of drug-likeness (QED) is 0.675. The largest absolute Gasteiger partial charge is 0.481 e. The average molecular weight is 269 g/mol. The molecule has 0 radical (unpaired) electrons. The summed E-state index contributed by atoms with van der Waals surface area (Å²) in [6.07, 6.45) is 5.18. The lowest BCUT2D eigenvalue weighted by atomic mass is 10.1. The third kappa shape index (κ3) is 6.17. The minimum absolute atomic E-state index is 0.136. The summed E-state index contributed by atoms with van der Waals surface area (Å²) in [4.78, 5) is 12.7. The molecule has 0 fully saturated rings. The van der Waals surface area contributed by atoms with Crippen molar-refractivity contribution in [1.29, 1.82) is 0 Å². The molecule has 1 heterocycles. The standard InChI is InChI=1S/C14H23NO2S/c1-3-4-5-6-11(2)15-10-13-8-7-12(18-13)9-14(16)17/h7-8,11,15H,3-6,9-10H2,1-2H3,(H,16,17). The lowest BCUT2D eigenvalue weighted by Crippen LogP contribution is -2.24. The van der Waals surface area contributed by atoms with E-state index in [0.29, 0.717) is 6.04 Å². The summed E-state index contributed by atoms with van der Waals surface area (Å²) in [5.41, 5.74) is 0. The molecule has 0 aromatic carbocycles. The highest BCUT2D eigenvalue weighted by molar-refractivity contribution is 7.12. The van der Waals surface area contributed by atoms with E-state index in [1.54, 1.807) is 11.3 Å². The first-order valence-electron chi connectivity index (χ1n) is 6.64. The zero-order valence-corrected chi connectivity index (χ0v) is 12.1. The number of carboxylic acid groups (broad SMARTS) is 1. The number of hydrogen-bond donors (Lipinski definition) is 2. The van der Waals surface area contributed by atoms with Crippen LogP contribution in [0, 0.1) is 0 Å². The van der Waals surface area contributed by atoms with Crippen molar-refractivity contribution in [2.75, 3.05) is 0 Å². The fraction of sp³-hybridized carbons (Fsp3) is 0.643. The molecule has 0 aliphatic carbocycles. The molecule has 1 unspecified atom stereocenters. The molecule has 1 rings (SSSR count). The van der Waals surface area contributed by atoms with E-state index < -0.39 is 5.97 Å². The Kier molecular flexibility index (Phi) is 6.98. The second-order valence-corrected chi connectivity index (χ2v) is 5.97. The van der Waals surface area contributed by atoms with Crippen LogP contribution in [0.25, 0.3) is 0 Å². The molecule has 0 saturated carbocycles. The van der Waals surface area contributed by atoms with Gasteiger partial charge in [-0.2, -0.15) is 0 Å². The smallest absolute Gasteiger partial charge is 0.308 e. The Labute approximate surface area is 113 Å². The maximum absolute atomic E-state index is 10.6. The highest BCUT2D eigenvalue weighted by Crippen LogP contribution is 2.17. The second-order valence-electron chi connectivity index (χ2n) is 4.72. The highest BCUT2D eigenvalue weighted by atomic mass is 32.1. The maximum atomic E-state index is 10.6. The maximum Gasteiger partial charge on any atom is 0.308 e. The van der Waals surface area contributed by atoms with Crippen molar-refractivity contribution in [3.05, 3.63) is 21.9 Å². The SMILES string of the molecule is CCCCCC(C)NCc1ccc(CC(=O)O)s1. The van der Waals surface area contributed by atoms with Gasteiger partial charge in [0.25, 0.3) is 0 Å². The Morgan fingerprint density at radius 3 is 2.78 bits per heavy atom. The number of nitrogens with one attached hydrogen (secondary N) is 1. The molecule has 4 heteroatoms. The fourth-order valence-corrected chi connectivity index (χ4v) is 2.80. The zero-order chi connectivity index (χ0) is 13.4. The van der Waals surface area contributed by atoms with Crippen LogP contribution in [0.2, 0.25) is 0 Å². The first kappa shape index (κ1) is 15.2. The van der Waals surface area contributed by atoms with E-state index in [9.17, 15) is 4.79 Å². The van der Waals surface area contributed by atoms with Crippen LogP contribution in [0.15, 0.2) is 12.1 Å². The molecule has 0 bridgehead atoms. The number of carbonyl (C=O) groups is 1. The Morgan fingerprint density at radius 1 is 1.39 bits per heavy atom. The van der Waals surface area contributed by atoms with E-state index in [2.05, 4.69) is 19.2 Å². The van der Waals surface area contributed by atoms with E-state index in [4.69, 9.17) is 5.11 Å². The summed E-state index contributed by atoms with van der Waals surface area (Å²) in [6, 6.07) is 4.47. The predicted octanol–water partition coefficient (Wildman–Crippen LogP) is 3.43. The van der Waals surface area contributed by atoms with Crippen molar-refractivity contribution < 1.29 is 9.90 Å². The number of rotatable bonds is 9. The number of aliphatic carboxylic acids is 1. The van der Waals surface area contributed by atoms with Crippen LogP contribution in [-0.4, -0.2) is 17.1 Å². The Bertz CT molecular complexity index is 362. The Balaban J connectivity index is 2.25. The molecule has 0 saturated heterocycles. The third-order valence-corrected chi connectivity index (χ3v) is 3.99. The van der Waals surface area contributed by atoms with Crippen molar-refractivity contribution in [3.8, 4) is 0 Å². The van der Waals surface area contributed by atoms with Gasteiger partial charge < -0.3 is 10.4 Å². The molecule has 3 nitrogen and oxygen atoms in total. The van der Waals surface area contributed by atoms with Crippen LogP contribution >= 0.6 is 11.3 Å². The molecule has 1 aromatic rings. The monoisotopic (exact) mass is 269 g/mol. The van der Waals surface area contributed by atoms with Crippen molar-refractivity contribution in [1.82, 2.24) is 5.32 Å². The van der Waals surface area contributed by atoms with Crippen molar-refractivity contribution in [3.63, 3.8) is 0 Å². The summed E-state index contributed by atoms with van der Waals surface area (Å²) >= 11 is 1.59. The molecule has 18 heavy (non-hydrogen) atoms. The van der Waals surface area contributed by atoms with Gasteiger partial charge in [-0.15, -0.1) is 11.3 Å². The van der Waals surface area contributed by atoms with Crippen molar-refractivity contribution >= 4 is 17.3 Å². The number of thiophene rings is 1. The summed E-state index contributed by atoms with van der Waals surface area (Å²) in [6.45, 7) is 5.27. The van der Waals surface area contributed by atoms with Crippen LogP contribution in [0.4, 0.5) is 0 Å². The van der Waals surface area contributed by atoms with E-state index >= 15 is 0 Å². The first-order valence-corrected chi connectivity index (χ1v) is 7.46.